The van der Waals surface area contributed by atoms with E-state index in [1.807, 2.05) is 48.5 Å². The normalized spacial score (nSPS) is 10.8. The number of rotatable bonds is 0. The van der Waals surface area contributed by atoms with E-state index in [0.717, 1.165) is 21.9 Å². The van der Waals surface area contributed by atoms with Crippen LogP contribution in [0.4, 0.5) is 0 Å². The molecule has 0 unspecified atom stereocenters. The zero-order chi connectivity index (χ0) is 11.0. The largest absolute Gasteiger partial charge is 0.282 e. The third-order valence-corrected chi connectivity index (χ3v) is 2.51. The fourth-order valence-electron chi connectivity index (χ4n) is 1.74. The monoisotopic (exact) mass is 207 g/mol. The number of aromatic nitrogens is 2. The number of hydrogen-bond donors (Lipinski definition) is 1. The number of hydrogen-bond acceptors (Lipinski definition) is 3. The second kappa shape index (κ2) is 3.38. The van der Waals surface area contributed by atoms with Crippen LogP contribution in [0.3, 0.4) is 0 Å². The van der Waals surface area contributed by atoms with Gasteiger partial charge in [-0.15, -0.1) is 0 Å². The summed E-state index contributed by atoms with van der Waals surface area (Å²) in [5.74, 6) is 0. The number of para-hydroxylation sites is 3. The third-order valence-electron chi connectivity index (χ3n) is 2.51. The molecule has 2 aromatic carbocycles. The third kappa shape index (κ3) is 1.34. The lowest BCUT2D eigenvalue weighted by Crippen LogP contribution is -2.01. The molecule has 1 heterocycles. The van der Waals surface area contributed by atoms with E-state index in [9.17, 15) is 0 Å². The van der Waals surface area contributed by atoms with E-state index >= 15 is 0 Å². The van der Waals surface area contributed by atoms with Crippen molar-refractivity contribution in [1.82, 2.24) is 9.97 Å². The van der Waals surface area contributed by atoms with Crippen LogP contribution in [-0.2, 0) is 0 Å². The van der Waals surface area contributed by atoms with Crippen molar-refractivity contribution in [1.29, 1.82) is 5.41 Å². The Balaban J connectivity index is 2.65. The highest BCUT2D eigenvalue weighted by Crippen LogP contribution is 2.10. The molecule has 0 aliphatic rings. The van der Waals surface area contributed by atoms with Gasteiger partial charge in [0.05, 0.1) is 16.6 Å². The van der Waals surface area contributed by atoms with Crippen molar-refractivity contribution >= 4 is 21.9 Å². The molecule has 0 aliphatic carbocycles. The lowest BCUT2D eigenvalue weighted by Gasteiger charge is -1.88. The van der Waals surface area contributed by atoms with Crippen LogP contribution in [0.5, 0.6) is 0 Å². The van der Waals surface area contributed by atoms with Gasteiger partial charge in [0.25, 0.3) is 0 Å². The Hall–Kier alpha value is -2.29. The summed E-state index contributed by atoms with van der Waals surface area (Å²) in [7, 11) is 0. The zero-order valence-corrected chi connectivity index (χ0v) is 8.51. The number of nitrogens with one attached hydrogen (secondary N) is 1. The number of benzene rings is 2. The predicted octanol–water partition coefficient (Wildman–Crippen LogP) is 2.26. The summed E-state index contributed by atoms with van der Waals surface area (Å²) in [5, 5.41) is 8.69. The smallest absolute Gasteiger partial charge is 0.154 e. The lowest BCUT2D eigenvalue weighted by atomic mass is 10.2. The Morgan fingerprint density at radius 2 is 1.25 bits per heavy atom. The average Bonchev–Trinajstić information content (AvgIpc) is 2.45. The van der Waals surface area contributed by atoms with Crippen LogP contribution in [0.1, 0.15) is 0 Å². The van der Waals surface area contributed by atoms with E-state index < -0.39 is 0 Å². The first kappa shape index (κ1) is 8.97. The van der Waals surface area contributed by atoms with Gasteiger partial charge in [-0.1, -0.05) is 24.3 Å². The summed E-state index contributed by atoms with van der Waals surface area (Å²) < 4.78 is 0. The lowest BCUT2D eigenvalue weighted by molar-refractivity contribution is 1.17. The second-order valence-electron chi connectivity index (χ2n) is 3.58. The Bertz CT molecular complexity index is 735. The van der Waals surface area contributed by atoms with Crippen LogP contribution >= 0.6 is 0 Å². The second-order valence-corrected chi connectivity index (χ2v) is 3.58. The summed E-state index contributed by atoms with van der Waals surface area (Å²) in [4.78, 5) is 8.79. The minimum atomic E-state index is 0.268. The summed E-state index contributed by atoms with van der Waals surface area (Å²) in [6.45, 7) is 0. The van der Waals surface area contributed by atoms with Crippen LogP contribution in [0.15, 0.2) is 48.5 Å². The van der Waals surface area contributed by atoms with Crippen molar-refractivity contribution in [2.24, 2.45) is 0 Å². The molecule has 3 heteroatoms. The van der Waals surface area contributed by atoms with E-state index in [1.165, 1.54) is 0 Å². The SMILES string of the molecule is N=c1nc2ccccc2nc2ccccc12. The first-order valence-electron chi connectivity index (χ1n) is 5.05. The predicted molar refractivity (Wildman–Crippen MR) is 62.9 cm³/mol. The minimum Gasteiger partial charge on any atom is -0.282 e. The average molecular weight is 207 g/mol. The van der Waals surface area contributed by atoms with Crippen LogP contribution in [0.2, 0.25) is 0 Å². The molecular formula is C13H9N3. The Morgan fingerprint density at radius 1 is 0.688 bits per heavy atom. The Kier molecular flexibility index (Phi) is 1.90. The summed E-state index contributed by atoms with van der Waals surface area (Å²) in [6, 6.07) is 15.2. The quantitative estimate of drug-likeness (QED) is 0.614. The van der Waals surface area contributed by atoms with Crippen molar-refractivity contribution in [2.45, 2.75) is 0 Å². The highest BCUT2D eigenvalue weighted by molar-refractivity contribution is 5.83. The summed E-state index contributed by atoms with van der Waals surface area (Å²) in [5.41, 5.74) is 2.64. The van der Waals surface area contributed by atoms with Gasteiger partial charge in [0.1, 0.15) is 0 Å². The maximum atomic E-state index is 7.91. The number of nitrogens with zero attached hydrogens (tertiary/aromatic N) is 2. The van der Waals surface area contributed by atoms with Gasteiger partial charge in [-0.25, -0.2) is 9.97 Å². The van der Waals surface area contributed by atoms with E-state index in [0.29, 0.717) is 0 Å². The maximum absolute atomic E-state index is 7.91. The fourth-order valence-corrected chi connectivity index (χ4v) is 1.74. The summed E-state index contributed by atoms with van der Waals surface area (Å²) >= 11 is 0. The van der Waals surface area contributed by atoms with E-state index in [1.54, 1.807) is 0 Å². The molecule has 0 saturated carbocycles. The molecule has 3 aromatic rings. The molecule has 0 aliphatic heterocycles. The van der Waals surface area contributed by atoms with Gasteiger partial charge in [-0.3, -0.25) is 5.41 Å². The van der Waals surface area contributed by atoms with Gasteiger partial charge in [-0.05, 0) is 24.3 Å². The van der Waals surface area contributed by atoms with Gasteiger partial charge < -0.3 is 0 Å². The van der Waals surface area contributed by atoms with Crippen LogP contribution < -0.4 is 5.49 Å². The molecule has 0 spiro atoms. The maximum Gasteiger partial charge on any atom is 0.154 e. The Labute approximate surface area is 91.9 Å². The molecule has 1 aromatic heterocycles. The molecule has 0 fully saturated rings. The van der Waals surface area contributed by atoms with E-state index in [4.69, 9.17) is 5.41 Å². The van der Waals surface area contributed by atoms with Gasteiger partial charge in [0.15, 0.2) is 5.49 Å². The van der Waals surface area contributed by atoms with Gasteiger partial charge in [-0.2, -0.15) is 0 Å². The molecule has 0 amide bonds. The zero-order valence-electron chi connectivity index (χ0n) is 8.51. The first-order valence-corrected chi connectivity index (χ1v) is 5.05. The van der Waals surface area contributed by atoms with E-state index in [-0.39, 0.29) is 5.49 Å². The standard InChI is InChI=1S/C13H9N3/c14-13-9-5-1-2-6-10(9)15-11-7-3-4-8-12(11)16-13/h1-8,14H. The molecule has 0 radical (unpaired) electrons. The van der Waals surface area contributed by atoms with Crippen molar-refractivity contribution < 1.29 is 0 Å². The molecule has 3 nitrogen and oxygen atoms in total. The molecule has 3 rings (SSSR count). The Morgan fingerprint density at radius 3 is 2.00 bits per heavy atom. The molecule has 0 atom stereocenters. The fraction of sp³-hybridized carbons (Fsp3) is 0. The van der Waals surface area contributed by atoms with Crippen molar-refractivity contribution in [3.05, 3.63) is 54.0 Å². The molecule has 0 saturated heterocycles. The van der Waals surface area contributed by atoms with Gasteiger partial charge in [0, 0.05) is 5.39 Å². The highest BCUT2D eigenvalue weighted by atomic mass is 14.8. The first-order chi connectivity index (χ1) is 7.84. The van der Waals surface area contributed by atoms with Crippen LogP contribution in [0.25, 0.3) is 21.9 Å². The van der Waals surface area contributed by atoms with Gasteiger partial charge >= 0.3 is 0 Å². The van der Waals surface area contributed by atoms with E-state index in [2.05, 4.69) is 9.97 Å². The van der Waals surface area contributed by atoms with Gasteiger partial charge in [0.2, 0.25) is 0 Å². The summed E-state index contributed by atoms with van der Waals surface area (Å²) in [6.07, 6.45) is 0. The van der Waals surface area contributed by atoms with Crippen LogP contribution in [0, 0.1) is 5.41 Å². The van der Waals surface area contributed by atoms with Crippen molar-refractivity contribution in [2.75, 3.05) is 0 Å². The van der Waals surface area contributed by atoms with Crippen molar-refractivity contribution in [3.8, 4) is 0 Å². The minimum absolute atomic E-state index is 0.268. The molecule has 16 heavy (non-hydrogen) atoms. The van der Waals surface area contributed by atoms with Crippen LogP contribution in [-0.4, -0.2) is 9.97 Å². The van der Waals surface area contributed by atoms with Crippen molar-refractivity contribution in [3.63, 3.8) is 0 Å². The topological polar surface area (TPSA) is 49.6 Å². The molecule has 76 valence electrons. The number of fused-ring (bicyclic) bond motifs is 2. The molecule has 1 N–H and O–H groups in total. The highest BCUT2D eigenvalue weighted by Gasteiger charge is 1.98. The molecule has 0 bridgehead atoms. The molecular weight excluding hydrogens is 198 g/mol.